The van der Waals surface area contributed by atoms with Crippen LogP contribution < -0.4 is 0 Å². The van der Waals surface area contributed by atoms with Crippen LogP contribution in [-0.2, 0) is 0 Å². The van der Waals surface area contributed by atoms with Crippen molar-refractivity contribution in [2.24, 2.45) is 0 Å². The molecule has 1 aromatic carbocycles. The van der Waals surface area contributed by atoms with Crippen LogP contribution in [0.4, 0.5) is 14.3 Å². The number of nitro benzene ring substituents is 1. The highest BCUT2D eigenvalue weighted by Gasteiger charge is 2.55. The molecule has 0 N–H and O–H groups in total. The Kier molecular flexibility index (Phi) is 3.76. The maximum atomic E-state index is 15.6. The van der Waals surface area contributed by atoms with E-state index in [1.165, 1.54) is 6.07 Å². The largest absolute Gasteiger partial charge is 0.737 e. The Hall–Kier alpha value is -3.03. The van der Waals surface area contributed by atoms with Crippen LogP contribution in [0.3, 0.4) is 0 Å². The van der Waals surface area contributed by atoms with Gasteiger partial charge in [-0.05, 0) is 56.6 Å². The van der Waals surface area contributed by atoms with E-state index in [2.05, 4.69) is 0 Å². The van der Waals surface area contributed by atoms with Crippen molar-refractivity contribution >= 4 is 23.9 Å². The molecule has 144 valence electrons. The summed E-state index contributed by atoms with van der Waals surface area (Å²) in [5.74, 6) is 0. The van der Waals surface area contributed by atoms with E-state index >= 15 is 8.63 Å². The van der Waals surface area contributed by atoms with Crippen LogP contribution in [0.25, 0.3) is 5.57 Å². The topological polar surface area (TPSA) is 51.1 Å². The monoisotopic (exact) mass is 383 g/mol. The first-order valence-electron chi connectivity index (χ1n) is 9.08. The van der Waals surface area contributed by atoms with Gasteiger partial charge in [-0.25, -0.2) is 0 Å². The first kappa shape index (κ1) is 18.3. The van der Waals surface area contributed by atoms with E-state index in [0.717, 1.165) is 14.5 Å². The molecule has 0 bridgehead atoms. The SMILES string of the molecule is CC1=CC(C)=[N+]2C1=C(c1ccc(C)cc1[N+](=O)[O-])c1c(C)cc(C)n1[B-]2(F)F. The minimum absolute atomic E-state index is 0.0812. The van der Waals surface area contributed by atoms with E-state index < -0.39 is 11.9 Å². The van der Waals surface area contributed by atoms with Crippen LogP contribution in [0.15, 0.2) is 41.6 Å². The molecule has 0 atom stereocenters. The predicted octanol–water partition coefficient (Wildman–Crippen LogP) is 4.75. The van der Waals surface area contributed by atoms with Gasteiger partial charge in [0.1, 0.15) is 5.71 Å². The summed E-state index contributed by atoms with van der Waals surface area (Å²) in [7, 11) is 0. The van der Waals surface area contributed by atoms with Crippen molar-refractivity contribution in [2.75, 3.05) is 0 Å². The quantitative estimate of drug-likeness (QED) is 0.427. The maximum Gasteiger partial charge on any atom is 0.737 e. The lowest BCUT2D eigenvalue weighted by molar-refractivity contribution is -0.385. The van der Waals surface area contributed by atoms with Crippen LogP contribution >= 0.6 is 0 Å². The third-order valence-electron chi connectivity index (χ3n) is 5.55. The number of nitro groups is 1. The van der Waals surface area contributed by atoms with Crippen LogP contribution in [0.2, 0.25) is 0 Å². The number of benzene rings is 1. The van der Waals surface area contributed by atoms with E-state index in [1.807, 2.05) is 0 Å². The van der Waals surface area contributed by atoms with Gasteiger partial charge in [0.2, 0.25) is 0 Å². The molecule has 0 spiro atoms. The number of hydrogen-bond acceptors (Lipinski definition) is 2. The number of aryl methyl sites for hydroxylation is 3. The Labute approximate surface area is 161 Å². The molecule has 8 heteroatoms. The first-order chi connectivity index (χ1) is 13.1. The second-order valence-electron chi connectivity index (χ2n) is 7.62. The Bertz CT molecular complexity index is 1170. The van der Waals surface area contributed by atoms with Gasteiger partial charge in [0.15, 0.2) is 5.70 Å². The first-order valence-corrected chi connectivity index (χ1v) is 9.08. The molecule has 2 aliphatic rings. The number of allylic oxidation sites excluding steroid dienone is 2. The summed E-state index contributed by atoms with van der Waals surface area (Å²) in [6, 6.07) is 6.64. The zero-order valence-corrected chi connectivity index (χ0v) is 16.4. The number of halogens is 2. The van der Waals surface area contributed by atoms with Gasteiger partial charge >= 0.3 is 6.97 Å². The maximum absolute atomic E-state index is 15.6. The smallest absolute Gasteiger partial charge is 0.393 e. The highest BCUT2D eigenvalue weighted by molar-refractivity contribution is 6.58. The molecule has 0 fully saturated rings. The zero-order valence-electron chi connectivity index (χ0n) is 16.4. The third kappa shape index (κ3) is 2.27. The Morgan fingerprint density at radius 2 is 1.79 bits per heavy atom. The number of fused-ring (bicyclic) bond motifs is 2. The molecule has 0 radical (unpaired) electrons. The fourth-order valence-corrected chi connectivity index (χ4v) is 4.56. The fourth-order valence-electron chi connectivity index (χ4n) is 4.56. The minimum Gasteiger partial charge on any atom is -0.393 e. The molecule has 0 saturated carbocycles. The Balaban J connectivity index is 2.21. The van der Waals surface area contributed by atoms with Crippen LogP contribution in [-0.4, -0.2) is 26.6 Å². The summed E-state index contributed by atoms with van der Waals surface area (Å²) < 4.78 is 33.3. The lowest BCUT2D eigenvalue weighted by atomic mass is 9.83. The number of nitrogens with zero attached hydrogens (tertiary/aromatic N) is 3. The van der Waals surface area contributed by atoms with Crippen molar-refractivity contribution in [3.8, 4) is 0 Å². The Morgan fingerprint density at radius 1 is 1.11 bits per heavy atom. The molecule has 28 heavy (non-hydrogen) atoms. The van der Waals surface area contributed by atoms with Crippen molar-refractivity contribution in [1.82, 2.24) is 4.48 Å². The zero-order chi connectivity index (χ0) is 20.5. The highest BCUT2D eigenvalue weighted by atomic mass is 19.2. The Morgan fingerprint density at radius 3 is 2.43 bits per heavy atom. The summed E-state index contributed by atoms with van der Waals surface area (Å²) in [5.41, 5.74) is 4.41. The van der Waals surface area contributed by atoms with Gasteiger partial charge < -0.3 is 17.6 Å². The van der Waals surface area contributed by atoms with E-state index in [4.69, 9.17) is 0 Å². The fraction of sp³-hybridized carbons (Fsp3) is 0.250. The molecule has 5 nitrogen and oxygen atoms in total. The van der Waals surface area contributed by atoms with E-state index in [0.29, 0.717) is 45.1 Å². The minimum atomic E-state index is -4.10. The average Bonchev–Trinajstić information content (AvgIpc) is 3.06. The molecule has 0 aliphatic carbocycles. The van der Waals surface area contributed by atoms with E-state index in [1.54, 1.807) is 58.9 Å². The molecule has 0 amide bonds. The number of hydrogen-bond donors (Lipinski definition) is 0. The van der Waals surface area contributed by atoms with Gasteiger partial charge in [0.25, 0.3) is 5.69 Å². The molecule has 3 heterocycles. The third-order valence-corrected chi connectivity index (χ3v) is 5.55. The van der Waals surface area contributed by atoms with Gasteiger partial charge in [-0.15, -0.1) is 0 Å². The van der Waals surface area contributed by atoms with Gasteiger partial charge in [-0.1, -0.05) is 6.07 Å². The second-order valence-corrected chi connectivity index (χ2v) is 7.62. The van der Waals surface area contributed by atoms with Gasteiger partial charge in [0, 0.05) is 30.3 Å². The van der Waals surface area contributed by atoms with Crippen LogP contribution in [0, 0.1) is 30.9 Å². The van der Waals surface area contributed by atoms with E-state index in [9.17, 15) is 10.1 Å². The molecular formula is C20H20BF2N3O2. The lowest BCUT2D eigenvalue weighted by Crippen LogP contribution is -2.51. The van der Waals surface area contributed by atoms with Crippen LogP contribution in [0.5, 0.6) is 0 Å². The summed E-state index contributed by atoms with van der Waals surface area (Å²) in [4.78, 5) is 11.3. The molecule has 2 aromatic rings. The average molecular weight is 383 g/mol. The van der Waals surface area contributed by atoms with Gasteiger partial charge in [-0.2, -0.15) is 0 Å². The normalized spacial score (nSPS) is 17.6. The second kappa shape index (κ2) is 5.74. The summed E-state index contributed by atoms with van der Waals surface area (Å²) in [6.45, 7) is 4.50. The molecule has 0 unspecified atom stereocenters. The lowest BCUT2D eigenvalue weighted by Gasteiger charge is -2.33. The van der Waals surface area contributed by atoms with Crippen molar-refractivity contribution in [2.45, 2.75) is 34.6 Å². The molecule has 4 rings (SSSR count). The van der Waals surface area contributed by atoms with Gasteiger partial charge in [0.05, 0.1) is 16.1 Å². The van der Waals surface area contributed by atoms with Gasteiger partial charge in [-0.3, -0.25) is 10.1 Å². The summed E-state index contributed by atoms with van der Waals surface area (Å²) in [5, 5.41) is 11.8. The number of rotatable bonds is 2. The molecule has 2 aliphatic heterocycles. The number of aromatic nitrogens is 1. The van der Waals surface area contributed by atoms with Crippen molar-refractivity contribution < 1.29 is 18.0 Å². The van der Waals surface area contributed by atoms with E-state index in [-0.39, 0.29) is 5.69 Å². The highest BCUT2D eigenvalue weighted by Crippen LogP contribution is 2.46. The molecule has 0 saturated heterocycles. The van der Waals surface area contributed by atoms with Crippen molar-refractivity contribution in [1.29, 1.82) is 0 Å². The standard InChI is InChI=1S/C20H20BF2N3O2/c1-11-6-7-16(17(8-11)26(27)28)18-19-12(2)9-14(4)24(19)21(22,23)25-15(5)10-13(3)20(18)25/h6-10H,1-5H3. The van der Waals surface area contributed by atoms with Crippen LogP contribution in [0.1, 0.15) is 41.9 Å². The van der Waals surface area contributed by atoms with Crippen molar-refractivity contribution in [3.05, 3.63) is 79.8 Å². The van der Waals surface area contributed by atoms with Crippen molar-refractivity contribution in [3.63, 3.8) is 0 Å². The summed E-state index contributed by atoms with van der Waals surface area (Å²) in [6.07, 6.45) is 1.71. The summed E-state index contributed by atoms with van der Waals surface area (Å²) >= 11 is 0. The molecular weight excluding hydrogens is 363 g/mol. The predicted molar refractivity (Wildman–Crippen MR) is 106 cm³/mol. The molecule has 1 aromatic heterocycles.